The highest BCUT2D eigenvalue weighted by Crippen LogP contribution is 2.39. The first kappa shape index (κ1) is 19.3. The molecule has 2 fully saturated rings. The Kier molecular flexibility index (Phi) is 7.92. The lowest BCUT2D eigenvalue weighted by molar-refractivity contribution is 0.151. The largest absolute Gasteiger partial charge is 0.316 e. The Morgan fingerprint density at radius 2 is 1.48 bits per heavy atom. The van der Waals surface area contributed by atoms with E-state index in [1.54, 1.807) is 0 Å². The van der Waals surface area contributed by atoms with Crippen LogP contribution in [0.4, 0.5) is 0 Å². The Hall–Kier alpha value is -0.0400. The van der Waals surface area contributed by atoms with Crippen molar-refractivity contribution in [3.63, 3.8) is 0 Å². The quantitative estimate of drug-likeness (QED) is 0.594. The lowest BCUT2D eigenvalue weighted by atomic mass is 9.70. The fourth-order valence-electron chi connectivity index (χ4n) is 5.20. The van der Waals surface area contributed by atoms with Crippen molar-refractivity contribution in [1.29, 1.82) is 0 Å². The minimum atomic E-state index is 0.892. The molecule has 0 amide bonds. The molecule has 2 rings (SSSR count). The summed E-state index contributed by atoms with van der Waals surface area (Å²) in [6.07, 6.45) is 11.7. The van der Waals surface area contributed by atoms with Gasteiger partial charge in [0.25, 0.3) is 0 Å². The zero-order chi connectivity index (χ0) is 16.8. The molecule has 1 nitrogen and oxygen atoms in total. The van der Waals surface area contributed by atoms with Crippen LogP contribution in [0.5, 0.6) is 0 Å². The fraction of sp³-hybridized carbons (Fsp3) is 1.00. The van der Waals surface area contributed by atoms with Gasteiger partial charge < -0.3 is 5.32 Å². The van der Waals surface area contributed by atoms with Gasteiger partial charge in [-0.15, -0.1) is 0 Å². The molecular formula is C22H43N. The van der Waals surface area contributed by atoms with E-state index >= 15 is 0 Å². The van der Waals surface area contributed by atoms with Gasteiger partial charge in [-0.2, -0.15) is 0 Å². The summed E-state index contributed by atoms with van der Waals surface area (Å²) < 4.78 is 0. The first-order chi connectivity index (χ1) is 11.0. The SMILES string of the molecule is CCC1CNCC(C(C)CCC(C)C2CCCC(C(C)C)C2)C1. The molecule has 1 saturated carbocycles. The molecule has 0 bridgehead atoms. The predicted molar refractivity (Wildman–Crippen MR) is 103 cm³/mol. The topological polar surface area (TPSA) is 12.0 Å². The van der Waals surface area contributed by atoms with Gasteiger partial charge in [-0.3, -0.25) is 0 Å². The zero-order valence-corrected chi connectivity index (χ0v) is 16.6. The lowest BCUT2D eigenvalue weighted by Crippen LogP contribution is -2.38. The average molecular weight is 322 g/mol. The van der Waals surface area contributed by atoms with Crippen molar-refractivity contribution in [1.82, 2.24) is 5.32 Å². The zero-order valence-electron chi connectivity index (χ0n) is 16.6. The van der Waals surface area contributed by atoms with E-state index < -0.39 is 0 Å². The van der Waals surface area contributed by atoms with Gasteiger partial charge >= 0.3 is 0 Å². The third kappa shape index (κ3) is 5.76. The molecule has 2 aliphatic rings. The van der Waals surface area contributed by atoms with Crippen molar-refractivity contribution in [2.24, 2.45) is 41.4 Å². The molecule has 1 aliphatic carbocycles. The van der Waals surface area contributed by atoms with Crippen molar-refractivity contribution < 1.29 is 0 Å². The smallest absolute Gasteiger partial charge is 0.00177 e. The maximum absolute atomic E-state index is 3.69. The second-order valence-electron chi connectivity index (χ2n) is 9.39. The minimum absolute atomic E-state index is 0.892. The van der Waals surface area contributed by atoms with E-state index in [0.29, 0.717) is 0 Å². The molecule has 0 radical (unpaired) electrons. The van der Waals surface area contributed by atoms with Crippen LogP contribution in [0.2, 0.25) is 0 Å². The van der Waals surface area contributed by atoms with Gasteiger partial charge in [-0.05, 0) is 67.4 Å². The molecule has 1 saturated heterocycles. The van der Waals surface area contributed by atoms with E-state index in [1.807, 2.05) is 0 Å². The van der Waals surface area contributed by atoms with Gasteiger partial charge in [0.2, 0.25) is 0 Å². The van der Waals surface area contributed by atoms with Gasteiger partial charge in [0.1, 0.15) is 0 Å². The number of hydrogen-bond acceptors (Lipinski definition) is 1. The summed E-state index contributed by atoms with van der Waals surface area (Å²) in [4.78, 5) is 0. The molecule has 1 heterocycles. The van der Waals surface area contributed by atoms with Gasteiger partial charge in [0.15, 0.2) is 0 Å². The highest BCUT2D eigenvalue weighted by Gasteiger charge is 2.29. The molecule has 1 N–H and O–H groups in total. The summed E-state index contributed by atoms with van der Waals surface area (Å²) in [7, 11) is 0. The molecule has 6 atom stereocenters. The first-order valence-electron chi connectivity index (χ1n) is 10.7. The van der Waals surface area contributed by atoms with Crippen LogP contribution in [0.3, 0.4) is 0 Å². The summed E-state index contributed by atoms with van der Waals surface area (Å²) in [6, 6.07) is 0. The van der Waals surface area contributed by atoms with E-state index in [1.165, 1.54) is 64.5 Å². The van der Waals surface area contributed by atoms with Crippen LogP contribution in [0.1, 0.15) is 86.0 Å². The van der Waals surface area contributed by atoms with Crippen molar-refractivity contribution in [2.75, 3.05) is 13.1 Å². The standard InChI is InChI=1S/C22H43N/c1-6-19-12-22(15-23-14-19)18(5)11-10-17(4)21-9-7-8-20(13-21)16(2)3/h16-23H,6-15H2,1-5H3. The lowest BCUT2D eigenvalue weighted by Gasteiger charge is -2.37. The van der Waals surface area contributed by atoms with E-state index in [2.05, 4.69) is 39.9 Å². The summed E-state index contributed by atoms with van der Waals surface area (Å²) >= 11 is 0. The Morgan fingerprint density at radius 1 is 0.826 bits per heavy atom. The van der Waals surface area contributed by atoms with E-state index in [4.69, 9.17) is 0 Å². The third-order valence-electron chi connectivity index (χ3n) is 7.44. The molecule has 0 aromatic rings. The Morgan fingerprint density at radius 3 is 2.13 bits per heavy atom. The summed E-state index contributed by atoms with van der Waals surface area (Å²) in [5.74, 6) is 6.61. The van der Waals surface area contributed by atoms with Gasteiger partial charge in [-0.1, -0.05) is 73.1 Å². The second-order valence-corrected chi connectivity index (χ2v) is 9.39. The minimum Gasteiger partial charge on any atom is -0.316 e. The Bertz CT molecular complexity index is 324. The Balaban J connectivity index is 1.73. The van der Waals surface area contributed by atoms with Crippen molar-refractivity contribution in [3.05, 3.63) is 0 Å². The molecule has 1 heteroatoms. The maximum atomic E-state index is 3.69. The molecule has 1 aliphatic heterocycles. The third-order valence-corrected chi connectivity index (χ3v) is 7.44. The molecule has 6 unspecified atom stereocenters. The van der Waals surface area contributed by atoms with Crippen molar-refractivity contribution in [3.8, 4) is 0 Å². The van der Waals surface area contributed by atoms with Crippen LogP contribution in [0, 0.1) is 41.4 Å². The number of rotatable bonds is 7. The van der Waals surface area contributed by atoms with Crippen LogP contribution in [-0.2, 0) is 0 Å². The van der Waals surface area contributed by atoms with Gasteiger partial charge in [0.05, 0.1) is 0 Å². The number of piperidine rings is 1. The summed E-state index contributed by atoms with van der Waals surface area (Å²) in [6.45, 7) is 14.8. The monoisotopic (exact) mass is 321 g/mol. The van der Waals surface area contributed by atoms with Gasteiger partial charge in [-0.25, -0.2) is 0 Å². The van der Waals surface area contributed by atoms with E-state index in [-0.39, 0.29) is 0 Å². The van der Waals surface area contributed by atoms with Crippen LogP contribution in [0.15, 0.2) is 0 Å². The number of hydrogen-bond donors (Lipinski definition) is 1. The van der Waals surface area contributed by atoms with Crippen molar-refractivity contribution >= 4 is 0 Å². The maximum Gasteiger partial charge on any atom is -0.00177 e. The van der Waals surface area contributed by atoms with Gasteiger partial charge in [0, 0.05) is 0 Å². The normalized spacial score (nSPS) is 35.2. The van der Waals surface area contributed by atoms with E-state index in [9.17, 15) is 0 Å². The molecule has 0 aromatic carbocycles. The summed E-state index contributed by atoms with van der Waals surface area (Å²) in [5, 5.41) is 3.69. The molecule has 0 spiro atoms. The highest BCUT2D eigenvalue weighted by atomic mass is 14.9. The molecular weight excluding hydrogens is 278 g/mol. The molecule has 0 aromatic heterocycles. The van der Waals surface area contributed by atoms with E-state index in [0.717, 1.165) is 41.4 Å². The first-order valence-corrected chi connectivity index (χ1v) is 10.7. The number of nitrogens with one attached hydrogen (secondary N) is 1. The van der Waals surface area contributed by atoms with Crippen LogP contribution < -0.4 is 5.32 Å². The molecule has 23 heavy (non-hydrogen) atoms. The fourth-order valence-corrected chi connectivity index (χ4v) is 5.20. The summed E-state index contributed by atoms with van der Waals surface area (Å²) in [5.41, 5.74) is 0. The predicted octanol–water partition coefficient (Wildman–Crippen LogP) is 6.14. The molecule has 136 valence electrons. The van der Waals surface area contributed by atoms with Crippen LogP contribution >= 0.6 is 0 Å². The second kappa shape index (κ2) is 9.44. The van der Waals surface area contributed by atoms with Crippen molar-refractivity contribution in [2.45, 2.75) is 86.0 Å². The van der Waals surface area contributed by atoms with Crippen LogP contribution in [-0.4, -0.2) is 13.1 Å². The Labute approximate surface area is 146 Å². The highest BCUT2D eigenvalue weighted by molar-refractivity contribution is 4.81. The van der Waals surface area contributed by atoms with Crippen LogP contribution in [0.25, 0.3) is 0 Å². The average Bonchev–Trinajstić information content (AvgIpc) is 2.59.